The number of thiophene rings is 1. The van der Waals surface area contributed by atoms with Crippen LogP contribution in [0.15, 0.2) is 40.1 Å². The number of anilines is 1. The van der Waals surface area contributed by atoms with Crippen LogP contribution < -0.4 is 5.32 Å². The fourth-order valence-electron chi connectivity index (χ4n) is 2.26. The van der Waals surface area contributed by atoms with Crippen molar-refractivity contribution in [2.24, 2.45) is 0 Å². The third-order valence-corrected chi connectivity index (χ3v) is 4.69. The van der Waals surface area contributed by atoms with Crippen molar-refractivity contribution in [3.05, 3.63) is 46.3 Å². The summed E-state index contributed by atoms with van der Waals surface area (Å²) in [5, 5.41) is 16.1. The normalized spacial score (nSPS) is 10.8. The molecule has 108 valence electrons. The molecule has 2 heterocycles. The Bertz CT molecular complexity index is 778. The Morgan fingerprint density at radius 1 is 1.24 bits per heavy atom. The first-order chi connectivity index (χ1) is 10.1. The number of halogens is 1. The van der Waals surface area contributed by atoms with Crippen LogP contribution in [0.5, 0.6) is 5.75 Å². The lowest BCUT2D eigenvalue weighted by Gasteiger charge is -2.07. The maximum atomic E-state index is 10.6. The second-order valence-electron chi connectivity index (χ2n) is 4.65. The molecule has 21 heavy (non-hydrogen) atoms. The highest BCUT2D eigenvalue weighted by Gasteiger charge is 2.24. The maximum Gasteiger partial charge on any atom is 0.205 e. The van der Waals surface area contributed by atoms with Crippen LogP contribution in [0.1, 0.15) is 5.56 Å². The number of furan rings is 1. The molecule has 0 aliphatic carbocycles. The highest BCUT2D eigenvalue weighted by atomic mass is 35.5. The zero-order chi connectivity index (χ0) is 15.0. The second kappa shape index (κ2) is 5.47. The Kier molecular flexibility index (Phi) is 3.66. The molecule has 0 aliphatic heterocycles. The predicted molar refractivity (Wildman–Crippen MR) is 88.4 cm³/mol. The molecular formula is C16H14ClNO2S. The van der Waals surface area contributed by atoms with Crippen LogP contribution in [0.2, 0.25) is 5.02 Å². The second-order valence-corrected chi connectivity index (χ2v) is 5.97. The molecule has 3 nitrogen and oxygen atoms in total. The van der Waals surface area contributed by atoms with Gasteiger partial charge in [0.2, 0.25) is 5.88 Å². The van der Waals surface area contributed by atoms with E-state index in [-0.39, 0.29) is 5.75 Å². The molecule has 0 spiro atoms. The van der Waals surface area contributed by atoms with Gasteiger partial charge in [-0.05, 0) is 23.9 Å². The molecule has 1 aromatic carbocycles. The molecule has 0 atom stereocenters. The highest BCUT2D eigenvalue weighted by molar-refractivity contribution is 7.13. The van der Waals surface area contributed by atoms with Crippen molar-refractivity contribution in [2.45, 2.75) is 6.92 Å². The first-order valence-electron chi connectivity index (χ1n) is 6.46. The molecule has 0 bridgehead atoms. The van der Waals surface area contributed by atoms with Crippen LogP contribution in [0.25, 0.3) is 21.8 Å². The van der Waals surface area contributed by atoms with Gasteiger partial charge in [-0.1, -0.05) is 35.9 Å². The molecule has 0 saturated carbocycles. The van der Waals surface area contributed by atoms with Gasteiger partial charge in [-0.3, -0.25) is 0 Å². The number of benzene rings is 1. The number of hydrogen-bond acceptors (Lipinski definition) is 4. The summed E-state index contributed by atoms with van der Waals surface area (Å²) in [7, 11) is 1.75. The zero-order valence-electron chi connectivity index (χ0n) is 11.6. The minimum atomic E-state index is 0.106. The minimum Gasteiger partial charge on any atom is -0.504 e. The SMILES string of the molecule is CNc1oc(-c2cccs2)c(O)c1-c1cccc(C)c1Cl. The van der Waals surface area contributed by atoms with E-state index in [1.165, 1.54) is 11.3 Å². The van der Waals surface area contributed by atoms with Gasteiger partial charge in [0, 0.05) is 12.6 Å². The van der Waals surface area contributed by atoms with Gasteiger partial charge in [0.05, 0.1) is 15.5 Å². The van der Waals surface area contributed by atoms with Gasteiger partial charge in [-0.15, -0.1) is 11.3 Å². The molecule has 2 aromatic heterocycles. The van der Waals surface area contributed by atoms with Crippen molar-refractivity contribution in [2.75, 3.05) is 12.4 Å². The molecular weight excluding hydrogens is 306 g/mol. The standard InChI is InChI=1S/C16H14ClNO2S/c1-9-5-3-6-10(13(9)17)12-14(19)15(20-16(12)18-2)11-7-4-8-21-11/h3-8,18-19H,1-2H3. The summed E-state index contributed by atoms with van der Waals surface area (Å²) in [5.74, 6) is 1.07. The van der Waals surface area contributed by atoms with Gasteiger partial charge < -0.3 is 14.8 Å². The van der Waals surface area contributed by atoms with E-state index in [1.54, 1.807) is 7.05 Å². The average Bonchev–Trinajstić information content (AvgIpc) is 3.10. The van der Waals surface area contributed by atoms with E-state index in [4.69, 9.17) is 16.0 Å². The van der Waals surface area contributed by atoms with Gasteiger partial charge in [-0.2, -0.15) is 0 Å². The van der Waals surface area contributed by atoms with Crippen LogP contribution in [0, 0.1) is 6.92 Å². The Morgan fingerprint density at radius 3 is 2.71 bits per heavy atom. The summed E-state index contributed by atoms with van der Waals surface area (Å²) >= 11 is 7.90. The fourth-order valence-corrected chi connectivity index (χ4v) is 3.19. The third kappa shape index (κ3) is 2.30. The molecule has 3 aromatic rings. The van der Waals surface area contributed by atoms with E-state index < -0.39 is 0 Å². The summed E-state index contributed by atoms with van der Waals surface area (Å²) in [5.41, 5.74) is 2.30. The third-order valence-electron chi connectivity index (χ3n) is 3.32. The number of aryl methyl sites for hydroxylation is 1. The molecule has 5 heteroatoms. The summed E-state index contributed by atoms with van der Waals surface area (Å²) < 4.78 is 5.78. The largest absolute Gasteiger partial charge is 0.504 e. The fraction of sp³-hybridized carbons (Fsp3) is 0.125. The predicted octanol–water partition coefficient (Wildman–Crippen LogP) is 5.38. The Morgan fingerprint density at radius 2 is 2.05 bits per heavy atom. The van der Waals surface area contributed by atoms with Crippen LogP contribution in [-0.4, -0.2) is 12.2 Å². The van der Waals surface area contributed by atoms with Gasteiger partial charge >= 0.3 is 0 Å². The van der Waals surface area contributed by atoms with Gasteiger partial charge in [0.15, 0.2) is 11.5 Å². The summed E-state index contributed by atoms with van der Waals surface area (Å²) in [6.07, 6.45) is 0. The molecule has 3 rings (SSSR count). The van der Waals surface area contributed by atoms with Gasteiger partial charge in [-0.25, -0.2) is 0 Å². The number of nitrogens with one attached hydrogen (secondary N) is 1. The summed E-state index contributed by atoms with van der Waals surface area (Å²) in [6, 6.07) is 9.54. The van der Waals surface area contributed by atoms with Gasteiger partial charge in [0.1, 0.15) is 0 Å². The van der Waals surface area contributed by atoms with Crippen molar-refractivity contribution < 1.29 is 9.52 Å². The Hall–Kier alpha value is -1.91. The molecule has 0 radical (unpaired) electrons. The number of aromatic hydroxyl groups is 1. The van der Waals surface area contributed by atoms with E-state index in [0.717, 1.165) is 16.0 Å². The Labute approximate surface area is 131 Å². The average molecular weight is 320 g/mol. The van der Waals surface area contributed by atoms with E-state index in [1.807, 2.05) is 42.6 Å². The zero-order valence-corrected chi connectivity index (χ0v) is 13.2. The Balaban J connectivity index is 2.25. The van der Waals surface area contributed by atoms with E-state index in [0.29, 0.717) is 22.2 Å². The first kappa shape index (κ1) is 14.0. The smallest absolute Gasteiger partial charge is 0.205 e. The molecule has 0 aliphatic rings. The van der Waals surface area contributed by atoms with E-state index >= 15 is 0 Å². The molecule has 0 fully saturated rings. The lowest BCUT2D eigenvalue weighted by Crippen LogP contribution is -1.89. The van der Waals surface area contributed by atoms with Crippen LogP contribution >= 0.6 is 22.9 Å². The molecule has 0 unspecified atom stereocenters. The topological polar surface area (TPSA) is 45.4 Å². The molecule has 0 saturated heterocycles. The van der Waals surface area contributed by atoms with Crippen molar-refractivity contribution in [1.29, 1.82) is 0 Å². The quantitative estimate of drug-likeness (QED) is 0.681. The number of rotatable bonds is 3. The van der Waals surface area contributed by atoms with Crippen LogP contribution in [0.3, 0.4) is 0 Å². The maximum absolute atomic E-state index is 10.6. The van der Waals surface area contributed by atoms with E-state index in [9.17, 15) is 5.11 Å². The van der Waals surface area contributed by atoms with Crippen LogP contribution in [-0.2, 0) is 0 Å². The highest BCUT2D eigenvalue weighted by Crippen LogP contribution is 2.49. The first-order valence-corrected chi connectivity index (χ1v) is 7.72. The van der Waals surface area contributed by atoms with Crippen molar-refractivity contribution in [3.63, 3.8) is 0 Å². The van der Waals surface area contributed by atoms with Crippen molar-refractivity contribution >= 4 is 28.8 Å². The minimum absolute atomic E-state index is 0.106. The van der Waals surface area contributed by atoms with Crippen molar-refractivity contribution in [1.82, 2.24) is 0 Å². The van der Waals surface area contributed by atoms with E-state index in [2.05, 4.69) is 5.32 Å². The molecule has 0 amide bonds. The van der Waals surface area contributed by atoms with Gasteiger partial charge in [0.25, 0.3) is 0 Å². The number of hydrogen-bond donors (Lipinski definition) is 2. The van der Waals surface area contributed by atoms with Crippen molar-refractivity contribution in [3.8, 4) is 27.5 Å². The lowest BCUT2D eigenvalue weighted by atomic mass is 10.0. The summed E-state index contributed by atoms with van der Waals surface area (Å²) in [4.78, 5) is 0.874. The summed E-state index contributed by atoms with van der Waals surface area (Å²) in [6.45, 7) is 1.93. The lowest BCUT2D eigenvalue weighted by molar-refractivity contribution is 0.467. The van der Waals surface area contributed by atoms with Crippen LogP contribution in [0.4, 0.5) is 5.88 Å². The monoisotopic (exact) mass is 319 g/mol. The molecule has 2 N–H and O–H groups in total.